The summed E-state index contributed by atoms with van der Waals surface area (Å²) in [6.07, 6.45) is 0. The van der Waals surface area contributed by atoms with Gasteiger partial charge in [0, 0.05) is 32.9 Å². The highest BCUT2D eigenvalue weighted by Gasteiger charge is 2.44. The molecule has 0 aliphatic carbocycles. The van der Waals surface area contributed by atoms with Crippen LogP contribution in [0.4, 0.5) is 5.69 Å². The molecule has 0 N–H and O–H groups in total. The minimum atomic E-state index is -0.441. The number of hydrogen-bond acceptors (Lipinski definition) is 7. The fourth-order valence-corrected chi connectivity index (χ4v) is 3.84. The molecule has 0 unspecified atom stereocenters. The second kappa shape index (κ2) is 11.0. The van der Waals surface area contributed by atoms with Gasteiger partial charge in [-0.15, -0.1) is 0 Å². The Balaban J connectivity index is 2.22. The molecule has 0 atom stereocenters. The van der Waals surface area contributed by atoms with E-state index in [9.17, 15) is 9.59 Å². The molecule has 0 fully saturated rings. The van der Waals surface area contributed by atoms with E-state index in [0.29, 0.717) is 49.1 Å². The molecule has 0 bridgehead atoms. The quantitative estimate of drug-likeness (QED) is 0.483. The van der Waals surface area contributed by atoms with Crippen molar-refractivity contribution >= 4 is 23.1 Å². The van der Waals surface area contributed by atoms with Crippen LogP contribution in [0.25, 0.3) is 5.57 Å². The summed E-state index contributed by atoms with van der Waals surface area (Å²) in [5.74, 6) is 0.0612. The molecule has 33 heavy (non-hydrogen) atoms. The fraction of sp³-hybridized carbons (Fsp3) is 0.360. The van der Waals surface area contributed by atoms with E-state index >= 15 is 0 Å². The molecular formula is C25H30N2O6. The van der Waals surface area contributed by atoms with E-state index in [0.717, 1.165) is 5.56 Å². The van der Waals surface area contributed by atoms with Crippen LogP contribution in [0.2, 0.25) is 0 Å². The lowest BCUT2D eigenvalue weighted by Crippen LogP contribution is -2.37. The van der Waals surface area contributed by atoms with Crippen LogP contribution in [0.1, 0.15) is 11.1 Å². The van der Waals surface area contributed by atoms with Crippen molar-refractivity contribution in [3.05, 3.63) is 59.3 Å². The zero-order chi connectivity index (χ0) is 24.0. The molecule has 1 aliphatic rings. The summed E-state index contributed by atoms with van der Waals surface area (Å²) in [5, 5.41) is 0. The molecule has 0 saturated carbocycles. The van der Waals surface area contributed by atoms with Crippen LogP contribution in [0, 0.1) is 6.92 Å². The number of para-hydroxylation sites is 1. The zero-order valence-electron chi connectivity index (χ0n) is 19.7. The van der Waals surface area contributed by atoms with E-state index in [2.05, 4.69) is 0 Å². The van der Waals surface area contributed by atoms with Crippen LogP contribution < -0.4 is 14.4 Å². The van der Waals surface area contributed by atoms with Crippen LogP contribution in [-0.2, 0) is 19.1 Å². The molecule has 0 spiro atoms. The normalized spacial score (nSPS) is 13.7. The summed E-state index contributed by atoms with van der Waals surface area (Å²) in [6.45, 7) is 3.47. The maximum Gasteiger partial charge on any atom is 0.282 e. The molecule has 0 aromatic heterocycles. The smallest absolute Gasteiger partial charge is 0.282 e. The number of rotatable bonds is 11. The van der Waals surface area contributed by atoms with Gasteiger partial charge in [0.2, 0.25) is 0 Å². The van der Waals surface area contributed by atoms with Crippen molar-refractivity contribution in [1.82, 2.24) is 4.90 Å². The Bertz CT molecular complexity index is 1040. The lowest BCUT2D eigenvalue weighted by Gasteiger charge is -2.26. The summed E-state index contributed by atoms with van der Waals surface area (Å²) in [5.41, 5.74) is 2.39. The number of hydrogen-bond donors (Lipinski definition) is 0. The number of imide groups is 1. The van der Waals surface area contributed by atoms with E-state index in [-0.39, 0.29) is 11.3 Å². The van der Waals surface area contributed by atoms with Gasteiger partial charge in [0.15, 0.2) is 0 Å². The summed E-state index contributed by atoms with van der Waals surface area (Å²) in [6, 6.07) is 12.6. The van der Waals surface area contributed by atoms with Crippen LogP contribution in [0.3, 0.4) is 0 Å². The van der Waals surface area contributed by atoms with Gasteiger partial charge in [-0.2, -0.15) is 0 Å². The Hall–Kier alpha value is -3.36. The topological polar surface area (TPSA) is 77.5 Å². The van der Waals surface area contributed by atoms with Crippen molar-refractivity contribution in [2.24, 2.45) is 0 Å². The lowest BCUT2D eigenvalue weighted by atomic mass is 10.0. The summed E-state index contributed by atoms with van der Waals surface area (Å²) in [7, 11) is 6.23. The minimum Gasteiger partial charge on any atom is -0.496 e. The van der Waals surface area contributed by atoms with Gasteiger partial charge in [-0.1, -0.05) is 24.3 Å². The molecule has 0 saturated heterocycles. The molecule has 2 aromatic rings. The standard InChI is InChI=1S/C25H30N2O6/c1-17-10-11-21(33-5)19(16-17)27-24(28)22(18-8-6-7-9-20(18)32-4)23(25(27)29)26(12-14-30-2)13-15-31-3/h6-11,16H,12-15H2,1-5H3. The Labute approximate surface area is 194 Å². The summed E-state index contributed by atoms with van der Waals surface area (Å²) < 4.78 is 21.5. The van der Waals surface area contributed by atoms with E-state index < -0.39 is 11.8 Å². The van der Waals surface area contributed by atoms with Gasteiger partial charge < -0.3 is 23.8 Å². The van der Waals surface area contributed by atoms with Crippen LogP contribution in [0.5, 0.6) is 11.5 Å². The molecule has 3 rings (SSSR count). The summed E-state index contributed by atoms with van der Waals surface area (Å²) in [4.78, 5) is 30.8. The number of ether oxygens (including phenoxy) is 4. The molecule has 0 radical (unpaired) electrons. The second-order valence-corrected chi connectivity index (χ2v) is 7.52. The number of aryl methyl sites for hydroxylation is 1. The first-order chi connectivity index (χ1) is 16.0. The summed E-state index contributed by atoms with van der Waals surface area (Å²) >= 11 is 0. The van der Waals surface area contributed by atoms with Gasteiger partial charge in [-0.25, -0.2) is 4.90 Å². The zero-order valence-corrected chi connectivity index (χ0v) is 19.7. The van der Waals surface area contributed by atoms with E-state index in [1.165, 1.54) is 19.1 Å². The average molecular weight is 455 g/mol. The minimum absolute atomic E-state index is 0.271. The van der Waals surface area contributed by atoms with Gasteiger partial charge in [-0.3, -0.25) is 9.59 Å². The molecule has 176 valence electrons. The van der Waals surface area contributed by atoms with Gasteiger partial charge in [-0.05, 0) is 30.7 Å². The second-order valence-electron chi connectivity index (χ2n) is 7.52. The maximum absolute atomic E-state index is 13.9. The number of amides is 2. The van der Waals surface area contributed by atoms with Crippen molar-refractivity contribution in [2.75, 3.05) is 59.6 Å². The van der Waals surface area contributed by atoms with Gasteiger partial charge in [0.05, 0.1) is 38.7 Å². The van der Waals surface area contributed by atoms with Crippen LogP contribution >= 0.6 is 0 Å². The largest absolute Gasteiger partial charge is 0.496 e. The van der Waals surface area contributed by atoms with E-state index in [4.69, 9.17) is 18.9 Å². The van der Waals surface area contributed by atoms with Crippen molar-refractivity contribution < 1.29 is 28.5 Å². The van der Waals surface area contributed by atoms with Gasteiger partial charge in [0.1, 0.15) is 17.2 Å². The number of anilines is 1. The van der Waals surface area contributed by atoms with Crippen molar-refractivity contribution in [3.8, 4) is 11.5 Å². The number of methoxy groups -OCH3 is 4. The first-order valence-corrected chi connectivity index (χ1v) is 10.6. The predicted molar refractivity (Wildman–Crippen MR) is 125 cm³/mol. The third-order valence-corrected chi connectivity index (χ3v) is 5.46. The highest BCUT2D eigenvalue weighted by atomic mass is 16.5. The van der Waals surface area contributed by atoms with Crippen LogP contribution in [0.15, 0.2) is 48.2 Å². The fourth-order valence-electron chi connectivity index (χ4n) is 3.84. The molecule has 1 heterocycles. The molecule has 1 aliphatic heterocycles. The Morgan fingerprint density at radius 1 is 0.818 bits per heavy atom. The molecule has 2 aromatic carbocycles. The highest BCUT2D eigenvalue weighted by Crippen LogP contribution is 2.41. The molecule has 8 heteroatoms. The first-order valence-electron chi connectivity index (χ1n) is 10.6. The number of carbonyl (C=O) groups excluding carboxylic acids is 2. The van der Waals surface area contributed by atoms with Crippen molar-refractivity contribution in [1.29, 1.82) is 0 Å². The average Bonchev–Trinajstić information content (AvgIpc) is 3.08. The molecular weight excluding hydrogens is 424 g/mol. The molecule has 8 nitrogen and oxygen atoms in total. The Morgan fingerprint density at radius 3 is 2.06 bits per heavy atom. The van der Waals surface area contributed by atoms with E-state index in [1.807, 2.05) is 30.0 Å². The highest BCUT2D eigenvalue weighted by molar-refractivity contribution is 6.46. The third kappa shape index (κ3) is 4.86. The van der Waals surface area contributed by atoms with E-state index in [1.54, 1.807) is 38.5 Å². The third-order valence-electron chi connectivity index (χ3n) is 5.46. The Kier molecular flexibility index (Phi) is 8.08. The lowest BCUT2D eigenvalue weighted by molar-refractivity contribution is -0.120. The van der Waals surface area contributed by atoms with Crippen molar-refractivity contribution in [2.45, 2.75) is 6.92 Å². The first kappa shape index (κ1) is 24.3. The molecule has 2 amide bonds. The maximum atomic E-state index is 13.9. The van der Waals surface area contributed by atoms with Gasteiger partial charge in [0.25, 0.3) is 11.8 Å². The van der Waals surface area contributed by atoms with Crippen LogP contribution in [-0.4, -0.2) is 71.5 Å². The SMILES string of the molecule is COCCN(CCOC)C1=C(c2ccccc2OC)C(=O)N(c2cc(C)ccc2OC)C1=O. The number of benzene rings is 2. The number of nitrogens with zero attached hydrogens (tertiary/aromatic N) is 2. The number of carbonyl (C=O) groups is 2. The Morgan fingerprint density at radius 2 is 1.45 bits per heavy atom. The van der Waals surface area contributed by atoms with Crippen molar-refractivity contribution in [3.63, 3.8) is 0 Å². The monoisotopic (exact) mass is 454 g/mol. The predicted octanol–water partition coefficient (Wildman–Crippen LogP) is 2.89. The van der Waals surface area contributed by atoms with Gasteiger partial charge >= 0.3 is 0 Å².